The third-order valence-electron chi connectivity index (χ3n) is 8.20. The Labute approximate surface area is 229 Å². The molecule has 1 aliphatic carbocycles. The minimum Gasteiger partial charge on any atom is -0.396 e. The van der Waals surface area contributed by atoms with Gasteiger partial charge in [-0.2, -0.15) is 0 Å². The highest BCUT2D eigenvalue weighted by Gasteiger charge is 2.51. The Balaban J connectivity index is 1.76. The SMILES string of the molecule is C[C@@H]1C(O)[C@@H](OC2C(O)C(O[C@H]3O[C@H](CCCCO)CCC3N)[C@@H](N)C[C@H]2NC(=O)[C@@H](O)CN)OCC1(C)O. The summed E-state index contributed by atoms with van der Waals surface area (Å²) in [4.78, 5) is 12.5. The summed E-state index contributed by atoms with van der Waals surface area (Å²) in [5.41, 5.74) is 16.8. The van der Waals surface area contributed by atoms with Gasteiger partial charge in [0.05, 0.1) is 30.4 Å². The number of ether oxygens (including phenoxy) is 4. The zero-order chi connectivity index (χ0) is 28.9. The predicted molar refractivity (Wildman–Crippen MR) is 138 cm³/mol. The molecular weight excluding hydrogens is 516 g/mol. The van der Waals surface area contributed by atoms with Crippen molar-refractivity contribution in [3.05, 3.63) is 0 Å². The van der Waals surface area contributed by atoms with Crippen LogP contribution in [0.3, 0.4) is 0 Å². The summed E-state index contributed by atoms with van der Waals surface area (Å²) in [6.45, 7) is 2.86. The van der Waals surface area contributed by atoms with Crippen LogP contribution in [0.25, 0.3) is 0 Å². The molecule has 3 aliphatic rings. The quantitative estimate of drug-likeness (QED) is 0.112. The average molecular weight is 565 g/mol. The molecular formula is C25H48N4O10. The van der Waals surface area contributed by atoms with Crippen molar-refractivity contribution < 1.29 is 49.3 Å². The Morgan fingerprint density at radius 2 is 1.79 bits per heavy atom. The van der Waals surface area contributed by atoms with E-state index in [0.717, 1.165) is 19.3 Å². The van der Waals surface area contributed by atoms with Crippen LogP contribution in [0.15, 0.2) is 0 Å². The second-order valence-electron chi connectivity index (χ2n) is 11.4. The lowest BCUT2D eigenvalue weighted by Gasteiger charge is -2.48. The highest BCUT2D eigenvalue weighted by atomic mass is 16.7. The molecule has 0 aromatic heterocycles. The molecule has 39 heavy (non-hydrogen) atoms. The maximum absolute atomic E-state index is 12.5. The number of nitrogens with two attached hydrogens (primary N) is 3. The van der Waals surface area contributed by atoms with Gasteiger partial charge in [-0.25, -0.2) is 0 Å². The zero-order valence-corrected chi connectivity index (χ0v) is 22.8. The summed E-state index contributed by atoms with van der Waals surface area (Å²) in [6, 6.07) is -2.12. The van der Waals surface area contributed by atoms with Gasteiger partial charge in [-0.05, 0) is 45.4 Å². The summed E-state index contributed by atoms with van der Waals surface area (Å²) in [5.74, 6) is -1.38. The lowest BCUT2D eigenvalue weighted by molar-refractivity contribution is -0.314. The van der Waals surface area contributed by atoms with Gasteiger partial charge in [0.25, 0.3) is 0 Å². The van der Waals surface area contributed by atoms with E-state index in [4.69, 9.17) is 41.3 Å². The Morgan fingerprint density at radius 3 is 2.46 bits per heavy atom. The van der Waals surface area contributed by atoms with Crippen LogP contribution >= 0.6 is 0 Å². The van der Waals surface area contributed by atoms with Crippen LogP contribution in [0.5, 0.6) is 0 Å². The Hall–Kier alpha value is -1.01. The van der Waals surface area contributed by atoms with Crippen LogP contribution in [-0.4, -0.2) is 124 Å². The number of hydrogen-bond donors (Lipinski definition) is 9. The molecule has 0 aromatic carbocycles. The molecule has 12 N–H and O–H groups in total. The molecule has 13 atom stereocenters. The first-order chi connectivity index (χ1) is 18.4. The Kier molecular flexibility index (Phi) is 11.9. The first-order valence-corrected chi connectivity index (χ1v) is 13.9. The maximum Gasteiger partial charge on any atom is 0.250 e. The molecule has 6 unspecified atom stereocenters. The van der Waals surface area contributed by atoms with E-state index >= 15 is 0 Å². The number of unbranched alkanes of at least 4 members (excludes halogenated alkanes) is 1. The van der Waals surface area contributed by atoms with Crippen LogP contribution in [0, 0.1) is 5.92 Å². The maximum atomic E-state index is 12.5. The molecule has 14 nitrogen and oxygen atoms in total. The molecule has 0 spiro atoms. The fraction of sp³-hybridized carbons (Fsp3) is 0.960. The molecule has 3 fully saturated rings. The third-order valence-corrected chi connectivity index (χ3v) is 8.20. The van der Waals surface area contributed by atoms with E-state index in [9.17, 15) is 25.2 Å². The molecule has 2 aliphatic heterocycles. The summed E-state index contributed by atoms with van der Waals surface area (Å²) in [6.07, 6.45) is -4.82. The molecule has 0 bridgehead atoms. The first kappa shape index (κ1) is 32.5. The number of rotatable bonds is 11. The minimum atomic E-state index is -1.48. The number of carbonyl (C=O) groups is 1. The summed E-state index contributed by atoms with van der Waals surface area (Å²) in [5, 5.41) is 54.3. The zero-order valence-electron chi connectivity index (χ0n) is 22.8. The highest BCUT2D eigenvalue weighted by Crippen LogP contribution is 2.34. The van der Waals surface area contributed by atoms with Gasteiger partial charge in [0.15, 0.2) is 12.6 Å². The van der Waals surface area contributed by atoms with Crippen molar-refractivity contribution >= 4 is 5.91 Å². The monoisotopic (exact) mass is 564 g/mol. The van der Waals surface area contributed by atoms with Crippen molar-refractivity contribution in [1.29, 1.82) is 0 Å². The molecule has 1 saturated carbocycles. The topological polar surface area (TPSA) is 245 Å². The fourth-order valence-electron chi connectivity index (χ4n) is 5.34. The van der Waals surface area contributed by atoms with E-state index < -0.39 is 78.7 Å². The number of carbonyl (C=O) groups excluding carboxylic acids is 1. The number of nitrogens with one attached hydrogen (secondary N) is 1. The standard InChI is InChI=1S/C25H48N4O10/c1-12-18(32)24(36-11-25(12,2)35)39-21-16(29-22(34)17(31)10-26)9-15(28)20(19(21)33)38-23-14(27)7-6-13(37-23)5-3-4-8-30/h12-21,23-24,30-33,35H,3-11,26-28H2,1-2H3,(H,29,34)/t12-,13-,14?,15+,16-,17+,18?,19?,20?,21?,23-,24-,25?/m1/s1. The van der Waals surface area contributed by atoms with Gasteiger partial charge >= 0.3 is 0 Å². The van der Waals surface area contributed by atoms with Gasteiger partial charge in [0, 0.05) is 25.1 Å². The van der Waals surface area contributed by atoms with E-state index in [1.807, 2.05) is 0 Å². The molecule has 14 heteroatoms. The van der Waals surface area contributed by atoms with E-state index in [2.05, 4.69) is 5.32 Å². The van der Waals surface area contributed by atoms with Crippen LogP contribution in [0.4, 0.5) is 0 Å². The van der Waals surface area contributed by atoms with Crippen LogP contribution in [0.1, 0.15) is 52.4 Å². The third kappa shape index (κ3) is 8.05. The predicted octanol–water partition coefficient (Wildman–Crippen LogP) is -3.25. The van der Waals surface area contributed by atoms with Gasteiger partial charge in [-0.1, -0.05) is 6.92 Å². The van der Waals surface area contributed by atoms with Crippen molar-refractivity contribution in [3.8, 4) is 0 Å². The van der Waals surface area contributed by atoms with Crippen LogP contribution in [-0.2, 0) is 23.7 Å². The largest absolute Gasteiger partial charge is 0.396 e. The van der Waals surface area contributed by atoms with Crippen molar-refractivity contribution in [1.82, 2.24) is 5.32 Å². The number of amides is 1. The minimum absolute atomic E-state index is 0.0907. The van der Waals surface area contributed by atoms with Gasteiger partial charge in [0.2, 0.25) is 5.91 Å². The van der Waals surface area contributed by atoms with Crippen molar-refractivity contribution in [2.24, 2.45) is 23.1 Å². The molecule has 2 saturated heterocycles. The normalized spacial score (nSPS) is 44.1. The van der Waals surface area contributed by atoms with E-state index in [0.29, 0.717) is 12.8 Å². The lowest BCUT2D eigenvalue weighted by Crippen LogP contribution is -2.68. The van der Waals surface area contributed by atoms with Gasteiger partial charge < -0.3 is 67.0 Å². The smallest absolute Gasteiger partial charge is 0.250 e. The molecule has 3 rings (SSSR count). The van der Waals surface area contributed by atoms with Crippen LogP contribution in [0.2, 0.25) is 0 Å². The van der Waals surface area contributed by atoms with Gasteiger partial charge in [-0.3, -0.25) is 4.79 Å². The molecule has 0 aromatic rings. The number of aliphatic hydroxyl groups is 5. The van der Waals surface area contributed by atoms with Crippen molar-refractivity contribution in [2.45, 2.75) is 125 Å². The van der Waals surface area contributed by atoms with E-state index in [1.54, 1.807) is 6.92 Å². The first-order valence-electron chi connectivity index (χ1n) is 13.9. The highest BCUT2D eigenvalue weighted by molar-refractivity contribution is 5.81. The summed E-state index contributed by atoms with van der Waals surface area (Å²) in [7, 11) is 0. The number of hydrogen-bond acceptors (Lipinski definition) is 13. The van der Waals surface area contributed by atoms with E-state index in [1.165, 1.54) is 6.92 Å². The Bertz CT molecular complexity index is 779. The van der Waals surface area contributed by atoms with E-state index in [-0.39, 0.29) is 32.3 Å². The molecule has 228 valence electrons. The molecule has 1 amide bonds. The van der Waals surface area contributed by atoms with Crippen molar-refractivity contribution in [3.63, 3.8) is 0 Å². The second kappa shape index (κ2) is 14.2. The van der Waals surface area contributed by atoms with Gasteiger partial charge in [-0.15, -0.1) is 0 Å². The fourth-order valence-corrected chi connectivity index (χ4v) is 5.34. The average Bonchev–Trinajstić information content (AvgIpc) is 2.89. The van der Waals surface area contributed by atoms with Crippen molar-refractivity contribution in [2.75, 3.05) is 19.8 Å². The lowest BCUT2D eigenvalue weighted by atomic mass is 9.82. The second-order valence-corrected chi connectivity index (χ2v) is 11.4. The molecule has 2 heterocycles. The summed E-state index contributed by atoms with van der Waals surface area (Å²) >= 11 is 0. The molecule has 0 radical (unpaired) electrons. The summed E-state index contributed by atoms with van der Waals surface area (Å²) < 4.78 is 23.9. The van der Waals surface area contributed by atoms with Crippen LogP contribution < -0.4 is 22.5 Å². The number of aliphatic hydroxyl groups excluding tert-OH is 4. The van der Waals surface area contributed by atoms with Gasteiger partial charge in [0.1, 0.15) is 30.5 Å². The Morgan fingerprint density at radius 1 is 1.10 bits per heavy atom.